The SMILES string of the molecule is Cc1c(CC(=O)O)cc2ccc(F)cc2c1-c1ccc(S(=O)(=O)c2cc(F)cc(F)c2)cc1. The van der Waals surface area contributed by atoms with Gasteiger partial charge in [-0.05, 0) is 76.3 Å². The van der Waals surface area contributed by atoms with E-state index in [1.54, 1.807) is 19.1 Å². The van der Waals surface area contributed by atoms with Crippen LogP contribution in [-0.2, 0) is 21.1 Å². The van der Waals surface area contributed by atoms with Gasteiger partial charge in [0.15, 0.2) is 0 Å². The zero-order valence-electron chi connectivity index (χ0n) is 17.3. The van der Waals surface area contributed by atoms with Gasteiger partial charge in [0.2, 0.25) is 9.84 Å². The summed E-state index contributed by atoms with van der Waals surface area (Å²) in [5.41, 5.74) is 2.28. The molecule has 0 saturated carbocycles. The summed E-state index contributed by atoms with van der Waals surface area (Å²) in [5, 5.41) is 10.4. The molecule has 0 atom stereocenters. The molecule has 0 aliphatic rings. The van der Waals surface area contributed by atoms with Crippen molar-refractivity contribution in [3.05, 3.63) is 95.3 Å². The van der Waals surface area contributed by atoms with Crippen molar-refractivity contribution in [2.75, 3.05) is 0 Å². The molecule has 33 heavy (non-hydrogen) atoms. The number of carboxylic acid groups (broad SMARTS) is 1. The third-order valence-electron chi connectivity index (χ3n) is 5.41. The molecule has 0 fully saturated rings. The van der Waals surface area contributed by atoms with Crippen LogP contribution < -0.4 is 0 Å². The van der Waals surface area contributed by atoms with E-state index in [2.05, 4.69) is 0 Å². The Morgan fingerprint density at radius 2 is 1.45 bits per heavy atom. The standard InChI is InChI=1S/C25H17F3O4S/c1-14-17(9-24(29)30)8-16-2-5-18(26)13-23(16)25(14)15-3-6-21(7-4-15)33(31,32)22-11-19(27)10-20(28)12-22/h2-8,10-13H,9H2,1H3,(H,29,30). The maximum Gasteiger partial charge on any atom is 0.307 e. The van der Waals surface area contributed by atoms with Crippen LogP contribution in [0.25, 0.3) is 21.9 Å². The largest absolute Gasteiger partial charge is 0.481 e. The molecule has 168 valence electrons. The maximum atomic E-state index is 14.0. The van der Waals surface area contributed by atoms with Crippen molar-refractivity contribution in [2.45, 2.75) is 23.1 Å². The average molecular weight is 470 g/mol. The quantitative estimate of drug-likeness (QED) is 0.407. The lowest BCUT2D eigenvalue weighted by molar-refractivity contribution is -0.136. The number of fused-ring (bicyclic) bond motifs is 1. The van der Waals surface area contributed by atoms with Crippen molar-refractivity contribution in [1.29, 1.82) is 0 Å². The van der Waals surface area contributed by atoms with E-state index in [0.29, 0.717) is 39.1 Å². The number of aliphatic carboxylic acids is 1. The zero-order chi connectivity index (χ0) is 23.9. The van der Waals surface area contributed by atoms with Crippen LogP contribution in [0.5, 0.6) is 0 Å². The molecule has 4 rings (SSSR count). The normalized spacial score (nSPS) is 11.6. The molecular formula is C25H17F3O4S. The van der Waals surface area contributed by atoms with E-state index in [1.165, 1.54) is 36.4 Å². The molecule has 0 unspecified atom stereocenters. The van der Waals surface area contributed by atoms with Gasteiger partial charge in [-0.1, -0.05) is 24.3 Å². The highest BCUT2D eigenvalue weighted by Gasteiger charge is 2.21. The first-order valence-electron chi connectivity index (χ1n) is 9.81. The summed E-state index contributed by atoms with van der Waals surface area (Å²) in [6.07, 6.45) is -0.232. The number of halogens is 3. The number of benzene rings is 4. The fourth-order valence-corrected chi connectivity index (χ4v) is 5.17. The number of sulfone groups is 1. The highest BCUT2D eigenvalue weighted by Crippen LogP contribution is 2.36. The van der Waals surface area contributed by atoms with E-state index in [0.717, 1.165) is 12.1 Å². The predicted molar refractivity (Wildman–Crippen MR) is 117 cm³/mol. The molecule has 0 amide bonds. The monoisotopic (exact) mass is 470 g/mol. The smallest absolute Gasteiger partial charge is 0.307 e. The topological polar surface area (TPSA) is 71.4 Å². The van der Waals surface area contributed by atoms with Gasteiger partial charge in [0.05, 0.1) is 16.2 Å². The van der Waals surface area contributed by atoms with Crippen LogP contribution in [0, 0.1) is 24.4 Å². The van der Waals surface area contributed by atoms with Gasteiger partial charge >= 0.3 is 5.97 Å². The molecule has 0 bridgehead atoms. The number of carboxylic acids is 1. The molecule has 4 aromatic rings. The third kappa shape index (κ3) is 4.34. The van der Waals surface area contributed by atoms with Crippen LogP contribution in [0.3, 0.4) is 0 Å². The average Bonchev–Trinajstić information content (AvgIpc) is 2.74. The summed E-state index contributed by atoms with van der Waals surface area (Å²) < 4.78 is 66.8. The summed E-state index contributed by atoms with van der Waals surface area (Å²) >= 11 is 0. The van der Waals surface area contributed by atoms with E-state index in [9.17, 15) is 31.5 Å². The van der Waals surface area contributed by atoms with Gasteiger partial charge in [-0.2, -0.15) is 0 Å². The Kier molecular flexibility index (Phi) is 5.71. The van der Waals surface area contributed by atoms with Crippen molar-refractivity contribution in [2.24, 2.45) is 0 Å². The second-order valence-electron chi connectivity index (χ2n) is 7.60. The van der Waals surface area contributed by atoms with Gasteiger partial charge in [-0.25, -0.2) is 21.6 Å². The Balaban J connectivity index is 1.87. The molecule has 0 aliphatic carbocycles. The van der Waals surface area contributed by atoms with Gasteiger partial charge in [-0.3, -0.25) is 4.79 Å². The Morgan fingerprint density at radius 1 is 0.818 bits per heavy atom. The third-order valence-corrected chi connectivity index (χ3v) is 7.16. The van der Waals surface area contributed by atoms with Crippen LogP contribution >= 0.6 is 0 Å². The number of rotatable bonds is 5. The molecule has 8 heteroatoms. The van der Waals surface area contributed by atoms with Crippen molar-refractivity contribution in [1.82, 2.24) is 0 Å². The van der Waals surface area contributed by atoms with Crippen LogP contribution in [0.15, 0.2) is 76.5 Å². The van der Waals surface area contributed by atoms with E-state index in [-0.39, 0.29) is 11.3 Å². The van der Waals surface area contributed by atoms with Crippen LogP contribution in [0.2, 0.25) is 0 Å². The van der Waals surface area contributed by atoms with Crippen molar-refractivity contribution < 1.29 is 31.5 Å². The van der Waals surface area contributed by atoms with Crippen molar-refractivity contribution >= 4 is 26.6 Å². The molecule has 4 nitrogen and oxygen atoms in total. The van der Waals surface area contributed by atoms with Crippen LogP contribution in [-0.4, -0.2) is 19.5 Å². The number of carbonyl (C=O) groups is 1. The molecule has 0 aromatic heterocycles. The Bertz CT molecular complexity index is 1490. The Hall–Kier alpha value is -3.65. The van der Waals surface area contributed by atoms with Crippen molar-refractivity contribution in [3.63, 3.8) is 0 Å². The second-order valence-corrected chi connectivity index (χ2v) is 9.55. The lowest BCUT2D eigenvalue weighted by atomic mass is 9.89. The Labute approximate surface area is 187 Å². The fraction of sp³-hybridized carbons (Fsp3) is 0.0800. The van der Waals surface area contributed by atoms with E-state index in [1.807, 2.05) is 0 Å². The molecule has 0 saturated heterocycles. The first-order valence-corrected chi connectivity index (χ1v) is 11.3. The number of hydrogen-bond donors (Lipinski definition) is 1. The summed E-state index contributed by atoms with van der Waals surface area (Å²) in [4.78, 5) is 10.6. The van der Waals surface area contributed by atoms with Crippen molar-refractivity contribution in [3.8, 4) is 11.1 Å². The van der Waals surface area contributed by atoms with Crippen LogP contribution in [0.4, 0.5) is 13.2 Å². The summed E-state index contributed by atoms with van der Waals surface area (Å²) in [7, 11) is -4.18. The molecule has 4 aromatic carbocycles. The van der Waals surface area contributed by atoms with Crippen LogP contribution in [0.1, 0.15) is 11.1 Å². The lowest BCUT2D eigenvalue weighted by Crippen LogP contribution is -2.04. The minimum absolute atomic E-state index is 0.175. The van der Waals surface area contributed by atoms with E-state index >= 15 is 0 Å². The van der Waals surface area contributed by atoms with Gasteiger partial charge in [0.25, 0.3) is 0 Å². The highest BCUT2D eigenvalue weighted by molar-refractivity contribution is 7.91. The minimum Gasteiger partial charge on any atom is -0.481 e. The first kappa shape index (κ1) is 22.5. The zero-order valence-corrected chi connectivity index (χ0v) is 18.1. The first-order chi connectivity index (χ1) is 15.6. The summed E-state index contributed by atoms with van der Waals surface area (Å²) in [6.45, 7) is 1.72. The molecule has 1 N–H and O–H groups in total. The van der Waals surface area contributed by atoms with Gasteiger partial charge in [0.1, 0.15) is 17.5 Å². The van der Waals surface area contributed by atoms with E-state index in [4.69, 9.17) is 0 Å². The second kappa shape index (κ2) is 8.37. The van der Waals surface area contributed by atoms with Gasteiger partial charge in [-0.15, -0.1) is 0 Å². The maximum absolute atomic E-state index is 14.0. The minimum atomic E-state index is -4.18. The van der Waals surface area contributed by atoms with E-state index < -0.39 is 38.2 Å². The van der Waals surface area contributed by atoms with Gasteiger partial charge < -0.3 is 5.11 Å². The van der Waals surface area contributed by atoms with Gasteiger partial charge in [0, 0.05) is 6.07 Å². The molecule has 0 radical (unpaired) electrons. The summed E-state index contributed by atoms with van der Waals surface area (Å²) in [6, 6.07) is 13.5. The highest BCUT2D eigenvalue weighted by atomic mass is 32.2. The summed E-state index contributed by atoms with van der Waals surface area (Å²) in [5.74, 6) is -3.51. The number of hydrogen-bond acceptors (Lipinski definition) is 3. The molecule has 0 spiro atoms. The molecule has 0 heterocycles. The lowest BCUT2D eigenvalue weighted by Gasteiger charge is -2.16. The fourth-order valence-electron chi connectivity index (χ4n) is 3.87. The predicted octanol–water partition coefficient (Wildman–Crippen LogP) is 5.69. The molecule has 0 aliphatic heterocycles. The Morgan fingerprint density at radius 3 is 2.06 bits per heavy atom. The molecular weight excluding hydrogens is 453 g/mol.